The molecule has 4 nitrogen and oxygen atoms in total. The van der Waals surface area contributed by atoms with Crippen LogP contribution in [0.3, 0.4) is 0 Å². The number of hydrogen-bond donors (Lipinski definition) is 2. The Hall–Kier alpha value is -0.610. The predicted molar refractivity (Wildman–Crippen MR) is 80.6 cm³/mol. The Bertz CT molecular complexity index is 337. The van der Waals surface area contributed by atoms with E-state index in [1.54, 1.807) is 0 Å². The van der Waals surface area contributed by atoms with Crippen LogP contribution in [0.1, 0.15) is 51.9 Å². The minimum absolute atomic E-state index is 0.139. The van der Waals surface area contributed by atoms with Gasteiger partial charge in [-0.2, -0.15) is 0 Å². The number of rotatable bonds is 4. The Morgan fingerprint density at radius 3 is 2.55 bits per heavy atom. The molecular weight excluding hydrogens is 250 g/mol. The molecule has 2 N–H and O–H groups in total. The van der Waals surface area contributed by atoms with Crippen LogP contribution in [0.4, 0.5) is 0 Å². The average Bonchev–Trinajstić information content (AvgIpc) is 2.86. The first-order chi connectivity index (χ1) is 9.75. The molecule has 1 aliphatic carbocycles. The van der Waals surface area contributed by atoms with Gasteiger partial charge in [0.15, 0.2) is 0 Å². The molecule has 2 saturated heterocycles. The smallest absolute Gasteiger partial charge is 0.237 e. The highest BCUT2D eigenvalue weighted by Crippen LogP contribution is 2.30. The molecule has 0 spiro atoms. The lowest BCUT2D eigenvalue weighted by molar-refractivity contribution is -0.127. The molecule has 1 amide bonds. The minimum Gasteiger partial charge on any atom is -0.352 e. The van der Waals surface area contributed by atoms with E-state index < -0.39 is 0 Å². The first kappa shape index (κ1) is 14.3. The van der Waals surface area contributed by atoms with Crippen LogP contribution in [-0.4, -0.2) is 48.6 Å². The third-order valence-corrected chi connectivity index (χ3v) is 5.60. The summed E-state index contributed by atoms with van der Waals surface area (Å²) < 4.78 is 0. The summed E-state index contributed by atoms with van der Waals surface area (Å²) in [5.41, 5.74) is 0. The highest BCUT2D eigenvalue weighted by Gasteiger charge is 2.37. The van der Waals surface area contributed by atoms with Gasteiger partial charge in [-0.05, 0) is 71.0 Å². The average molecular weight is 279 g/mol. The van der Waals surface area contributed by atoms with Crippen LogP contribution >= 0.6 is 0 Å². The van der Waals surface area contributed by atoms with Crippen molar-refractivity contribution < 1.29 is 4.79 Å². The highest BCUT2D eigenvalue weighted by atomic mass is 16.2. The minimum atomic E-state index is 0.139. The van der Waals surface area contributed by atoms with E-state index in [0.717, 1.165) is 32.0 Å². The zero-order valence-corrected chi connectivity index (χ0v) is 12.7. The van der Waals surface area contributed by atoms with E-state index in [4.69, 9.17) is 0 Å². The zero-order chi connectivity index (χ0) is 13.9. The summed E-state index contributed by atoms with van der Waals surface area (Å²) in [5.74, 6) is 1.02. The van der Waals surface area contributed by atoms with E-state index in [9.17, 15) is 4.79 Å². The summed E-state index contributed by atoms with van der Waals surface area (Å²) >= 11 is 0. The van der Waals surface area contributed by atoms with Crippen molar-refractivity contribution in [3.63, 3.8) is 0 Å². The monoisotopic (exact) mass is 279 g/mol. The fourth-order valence-electron chi connectivity index (χ4n) is 4.02. The van der Waals surface area contributed by atoms with Gasteiger partial charge in [-0.3, -0.25) is 9.69 Å². The third-order valence-electron chi connectivity index (χ3n) is 5.60. The van der Waals surface area contributed by atoms with Crippen molar-refractivity contribution in [2.24, 2.45) is 5.92 Å². The van der Waals surface area contributed by atoms with Crippen molar-refractivity contribution in [2.45, 2.75) is 70.0 Å². The standard InChI is InChI=1S/C16H29N3O/c1-12(13-4-2-5-13)18-16(20)15-6-3-11-19(15)14-7-9-17-10-8-14/h12-15,17H,2-11H2,1H3,(H,18,20). The largest absolute Gasteiger partial charge is 0.352 e. The first-order valence-electron chi connectivity index (χ1n) is 8.52. The Morgan fingerprint density at radius 2 is 1.90 bits per heavy atom. The normalized spacial score (nSPS) is 30.9. The van der Waals surface area contributed by atoms with E-state index in [-0.39, 0.29) is 6.04 Å². The molecule has 2 heterocycles. The van der Waals surface area contributed by atoms with E-state index in [0.29, 0.717) is 18.0 Å². The molecule has 0 aromatic heterocycles. The Kier molecular flexibility index (Phi) is 4.61. The summed E-state index contributed by atoms with van der Waals surface area (Å²) in [6.07, 6.45) is 8.56. The number of hydrogen-bond acceptors (Lipinski definition) is 3. The topological polar surface area (TPSA) is 44.4 Å². The Morgan fingerprint density at radius 1 is 1.15 bits per heavy atom. The molecular formula is C16H29N3O. The second-order valence-electron chi connectivity index (χ2n) is 6.87. The van der Waals surface area contributed by atoms with Gasteiger partial charge in [-0.25, -0.2) is 0 Å². The van der Waals surface area contributed by atoms with Crippen LogP contribution in [0, 0.1) is 5.92 Å². The number of likely N-dealkylation sites (tertiary alicyclic amines) is 1. The predicted octanol–water partition coefficient (Wildman–Crippen LogP) is 1.51. The molecule has 1 saturated carbocycles. The molecule has 3 aliphatic rings. The van der Waals surface area contributed by atoms with Crippen molar-refractivity contribution in [3.8, 4) is 0 Å². The second kappa shape index (κ2) is 6.44. The van der Waals surface area contributed by atoms with Crippen LogP contribution in [-0.2, 0) is 4.79 Å². The molecule has 0 aromatic carbocycles. The number of carbonyl (C=O) groups is 1. The van der Waals surface area contributed by atoms with Crippen molar-refractivity contribution in [3.05, 3.63) is 0 Å². The van der Waals surface area contributed by atoms with E-state index in [1.807, 2.05) is 0 Å². The fourth-order valence-corrected chi connectivity index (χ4v) is 4.02. The van der Waals surface area contributed by atoms with Gasteiger partial charge in [0.05, 0.1) is 6.04 Å². The molecule has 0 radical (unpaired) electrons. The van der Waals surface area contributed by atoms with Crippen LogP contribution in [0.5, 0.6) is 0 Å². The summed E-state index contributed by atoms with van der Waals surface area (Å²) in [4.78, 5) is 15.1. The van der Waals surface area contributed by atoms with Gasteiger partial charge in [0.1, 0.15) is 0 Å². The van der Waals surface area contributed by atoms with Crippen LogP contribution in [0.25, 0.3) is 0 Å². The van der Waals surface area contributed by atoms with E-state index in [2.05, 4.69) is 22.5 Å². The molecule has 3 rings (SSSR count). The van der Waals surface area contributed by atoms with Crippen LogP contribution in [0.2, 0.25) is 0 Å². The SMILES string of the molecule is CC(NC(=O)C1CCCN1C1CCNCC1)C1CCC1. The van der Waals surface area contributed by atoms with Gasteiger partial charge in [-0.1, -0.05) is 6.42 Å². The van der Waals surface area contributed by atoms with Crippen LogP contribution < -0.4 is 10.6 Å². The number of nitrogens with one attached hydrogen (secondary N) is 2. The number of piperidine rings is 1. The maximum Gasteiger partial charge on any atom is 0.237 e. The molecule has 20 heavy (non-hydrogen) atoms. The lowest BCUT2D eigenvalue weighted by atomic mass is 9.80. The number of amides is 1. The maximum atomic E-state index is 12.6. The lowest BCUT2D eigenvalue weighted by Crippen LogP contribution is -2.53. The molecule has 2 atom stereocenters. The molecule has 0 aromatic rings. The van der Waals surface area contributed by atoms with Gasteiger partial charge in [0, 0.05) is 12.1 Å². The molecule has 4 heteroatoms. The number of carbonyl (C=O) groups excluding carboxylic acids is 1. The summed E-state index contributed by atoms with van der Waals surface area (Å²) in [6.45, 7) is 5.51. The van der Waals surface area contributed by atoms with Gasteiger partial charge in [-0.15, -0.1) is 0 Å². The maximum absolute atomic E-state index is 12.6. The highest BCUT2D eigenvalue weighted by molar-refractivity contribution is 5.82. The van der Waals surface area contributed by atoms with Gasteiger partial charge < -0.3 is 10.6 Å². The van der Waals surface area contributed by atoms with Crippen molar-refractivity contribution in [2.75, 3.05) is 19.6 Å². The quantitative estimate of drug-likeness (QED) is 0.820. The second-order valence-corrected chi connectivity index (χ2v) is 6.87. The van der Waals surface area contributed by atoms with Crippen molar-refractivity contribution >= 4 is 5.91 Å². The summed E-state index contributed by atoms with van der Waals surface area (Å²) in [5, 5.41) is 6.71. The Balaban J connectivity index is 1.55. The lowest BCUT2D eigenvalue weighted by Gasteiger charge is -2.37. The molecule has 2 unspecified atom stereocenters. The third kappa shape index (κ3) is 3.01. The van der Waals surface area contributed by atoms with Crippen LogP contribution in [0.15, 0.2) is 0 Å². The van der Waals surface area contributed by atoms with E-state index >= 15 is 0 Å². The zero-order valence-electron chi connectivity index (χ0n) is 12.7. The fraction of sp³-hybridized carbons (Fsp3) is 0.938. The summed E-state index contributed by atoms with van der Waals surface area (Å²) in [7, 11) is 0. The van der Waals surface area contributed by atoms with Gasteiger partial charge in [0.2, 0.25) is 5.91 Å². The van der Waals surface area contributed by atoms with Gasteiger partial charge in [0.25, 0.3) is 0 Å². The van der Waals surface area contributed by atoms with Crippen molar-refractivity contribution in [1.29, 1.82) is 0 Å². The Labute approximate surface area is 122 Å². The van der Waals surface area contributed by atoms with Gasteiger partial charge >= 0.3 is 0 Å². The first-order valence-corrected chi connectivity index (χ1v) is 8.52. The molecule has 3 fully saturated rings. The van der Waals surface area contributed by atoms with E-state index in [1.165, 1.54) is 38.5 Å². The molecule has 114 valence electrons. The number of nitrogens with zero attached hydrogens (tertiary/aromatic N) is 1. The summed E-state index contributed by atoms with van der Waals surface area (Å²) in [6, 6.07) is 1.13. The molecule has 2 aliphatic heterocycles. The molecule has 0 bridgehead atoms. The van der Waals surface area contributed by atoms with Crippen molar-refractivity contribution in [1.82, 2.24) is 15.5 Å².